The number of ether oxygens (including phenoxy) is 3. The lowest BCUT2D eigenvalue weighted by Gasteiger charge is -2.49. The quantitative estimate of drug-likeness (QED) is 0.178. The minimum atomic E-state index is -1.95. The van der Waals surface area contributed by atoms with E-state index in [2.05, 4.69) is 20.4 Å². The Kier molecular flexibility index (Phi) is 11.4. The number of nitrogens with zero attached hydrogens (tertiary/aromatic N) is 2. The van der Waals surface area contributed by atoms with E-state index in [1.807, 2.05) is 20.8 Å². The van der Waals surface area contributed by atoms with Crippen molar-refractivity contribution in [2.24, 2.45) is 0 Å². The van der Waals surface area contributed by atoms with Gasteiger partial charge < -0.3 is 49.7 Å². The molecule has 6 N–H and O–H groups in total. The minimum Gasteiger partial charge on any atom is -0.479 e. The van der Waals surface area contributed by atoms with Crippen LogP contribution in [0.25, 0.3) is 11.0 Å². The number of aliphatic carboxylic acids is 1. The molecule has 0 radical (unpaired) electrons. The molecule has 5 rings (SSSR count). The van der Waals surface area contributed by atoms with Gasteiger partial charge in [-0.1, -0.05) is 0 Å². The zero-order valence-corrected chi connectivity index (χ0v) is 28.6. The third-order valence-corrected chi connectivity index (χ3v) is 9.77. The molecule has 15 heteroatoms. The summed E-state index contributed by atoms with van der Waals surface area (Å²) in [6.45, 7) is 10.5. The first-order chi connectivity index (χ1) is 23.1. The number of carboxylic acid groups (broad SMARTS) is 1. The Balaban J connectivity index is 1.28. The SMILES string of the molecule is CC(=O)N[C@H]1[C@H]([C@H](O)[C@H](O)CNC(=O)c2ccc3occc3c2)O[C@@](CCN2CCOC[C@]23CCN(COC(C)(C)C)C3)(C(=O)O)C[C@@H]1O. The Morgan fingerprint density at radius 1 is 1.16 bits per heavy atom. The summed E-state index contributed by atoms with van der Waals surface area (Å²) in [5.74, 6) is -2.40. The predicted molar refractivity (Wildman–Crippen MR) is 176 cm³/mol. The monoisotopic (exact) mass is 690 g/mol. The summed E-state index contributed by atoms with van der Waals surface area (Å²) in [6.07, 6.45) is -4.48. The summed E-state index contributed by atoms with van der Waals surface area (Å²) >= 11 is 0. The summed E-state index contributed by atoms with van der Waals surface area (Å²) in [6, 6.07) is 5.29. The number of carbonyl (C=O) groups excluding carboxylic acids is 2. The summed E-state index contributed by atoms with van der Waals surface area (Å²) < 4.78 is 23.4. The third-order valence-electron chi connectivity index (χ3n) is 9.77. The van der Waals surface area contributed by atoms with Crippen molar-refractivity contribution >= 4 is 28.8 Å². The number of carbonyl (C=O) groups is 3. The Labute approximate surface area is 285 Å². The number of likely N-dealkylation sites (tertiary alicyclic amines) is 1. The van der Waals surface area contributed by atoms with Gasteiger partial charge in [0.05, 0.1) is 55.6 Å². The molecule has 7 atom stereocenters. The number of hydrogen-bond donors (Lipinski definition) is 6. The van der Waals surface area contributed by atoms with Gasteiger partial charge in [-0.3, -0.25) is 19.4 Å². The van der Waals surface area contributed by atoms with Crippen LogP contribution < -0.4 is 10.6 Å². The molecule has 3 aliphatic heterocycles. The molecular formula is C34H50N4O11. The smallest absolute Gasteiger partial charge is 0.336 e. The number of aliphatic hydroxyl groups is 3. The number of fused-ring (bicyclic) bond motifs is 1. The second kappa shape index (κ2) is 15.0. The van der Waals surface area contributed by atoms with Crippen molar-refractivity contribution < 1.29 is 53.4 Å². The van der Waals surface area contributed by atoms with Crippen LogP contribution in [-0.4, -0.2) is 148 Å². The van der Waals surface area contributed by atoms with E-state index in [0.29, 0.717) is 56.1 Å². The van der Waals surface area contributed by atoms with Crippen molar-refractivity contribution in [2.75, 3.05) is 52.7 Å². The Bertz CT molecular complexity index is 1480. The van der Waals surface area contributed by atoms with Gasteiger partial charge in [0.2, 0.25) is 5.91 Å². The Morgan fingerprint density at radius 3 is 2.65 bits per heavy atom. The maximum atomic E-state index is 13.0. The molecule has 1 aromatic carbocycles. The number of hydrogen-bond acceptors (Lipinski definition) is 12. The fraction of sp³-hybridized carbons (Fsp3) is 0.676. The highest BCUT2D eigenvalue weighted by atomic mass is 16.6. The fourth-order valence-corrected chi connectivity index (χ4v) is 7.05. The molecule has 0 saturated carbocycles. The van der Waals surface area contributed by atoms with Crippen LogP contribution in [0.1, 0.15) is 57.3 Å². The standard InChI is InChI=1S/C34H50N4O11/c1-21(39)36-27-24(40)16-34(31(44)45,9-11-38-12-14-46-19-33(38)8-10-37(18-33)20-48-32(2,3)4)49-29(27)28(42)25(41)17-35-30(43)23-5-6-26-22(15-23)7-13-47-26/h5-7,13,15,24-25,27-29,40-42H,8-12,14,16-20H2,1-4H3,(H,35,43)(H,36,39)(H,44,45)/t24-,25+,27+,28+,29+,33+,34+/m0/s1. The first-order valence-electron chi connectivity index (χ1n) is 16.8. The lowest BCUT2D eigenvalue weighted by atomic mass is 9.81. The highest BCUT2D eigenvalue weighted by Gasteiger charge is 2.55. The number of benzene rings is 1. The van der Waals surface area contributed by atoms with Crippen LogP contribution in [-0.2, 0) is 23.8 Å². The van der Waals surface area contributed by atoms with Crippen LogP contribution in [0, 0.1) is 0 Å². The van der Waals surface area contributed by atoms with Gasteiger partial charge in [-0.15, -0.1) is 0 Å². The number of rotatable bonds is 12. The molecule has 15 nitrogen and oxygen atoms in total. The largest absolute Gasteiger partial charge is 0.479 e. The number of nitrogens with one attached hydrogen (secondary N) is 2. The zero-order valence-electron chi connectivity index (χ0n) is 28.6. The van der Waals surface area contributed by atoms with Crippen LogP contribution in [0.15, 0.2) is 34.9 Å². The van der Waals surface area contributed by atoms with E-state index < -0.39 is 60.4 Å². The maximum Gasteiger partial charge on any atom is 0.336 e. The molecule has 49 heavy (non-hydrogen) atoms. The first-order valence-corrected chi connectivity index (χ1v) is 16.8. The minimum absolute atomic E-state index is 0.0427. The summed E-state index contributed by atoms with van der Waals surface area (Å²) in [5, 5.41) is 50.0. The van der Waals surface area contributed by atoms with E-state index in [4.69, 9.17) is 18.6 Å². The van der Waals surface area contributed by atoms with Crippen LogP contribution in [0.3, 0.4) is 0 Å². The lowest BCUT2D eigenvalue weighted by Crippen LogP contribution is -2.68. The van der Waals surface area contributed by atoms with Gasteiger partial charge >= 0.3 is 5.97 Å². The molecule has 3 saturated heterocycles. The van der Waals surface area contributed by atoms with Crippen molar-refractivity contribution in [3.63, 3.8) is 0 Å². The predicted octanol–water partition coefficient (Wildman–Crippen LogP) is 0.302. The van der Waals surface area contributed by atoms with E-state index in [-0.39, 0.29) is 24.0 Å². The number of aliphatic hydroxyl groups excluding tert-OH is 3. The van der Waals surface area contributed by atoms with Gasteiger partial charge in [-0.25, -0.2) is 4.79 Å². The average molecular weight is 691 g/mol. The molecule has 2 amide bonds. The molecule has 2 aromatic rings. The van der Waals surface area contributed by atoms with E-state index in [9.17, 15) is 34.8 Å². The number of carboxylic acids is 1. The second-order valence-corrected chi connectivity index (χ2v) is 14.5. The molecular weight excluding hydrogens is 640 g/mol. The molecule has 0 bridgehead atoms. The van der Waals surface area contributed by atoms with E-state index in [0.717, 1.165) is 13.0 Å². The van der Waals surface area contributed by atoms with Crippen molar-refractivity contribution in [3.05, 3.63) is 36.1 Å². The molecule has 272 valence electrons. The summed E-state index contributed by atoms with van der Waals surface area (Å²) in [5.41, 5.74) is -1.70. The molecule has 3 aliphatic rings. The van der Waals surface area contributed by atoms with Crippen molar-refractivity contribution in [1.82, 2.24) is 20.4 Å². The second-order valence-electron chi connectivity index (χ2n) is 14.5. The van der Waals surface area contributed by atoms with E-state index >= 15 is 0 Å². The molecule has 1 spiro atoms. The average Bonchev–Trinajstić information content (AvgIpc) is 3.69. The number of furan rings is 1. The van der Waals surface area contributed by atoms with Crippen molar-refractivity contribution in [1.29, 1.82) is 0 Å². The topological polar surface area (TPSA) is 203 Å². The van der Waals surface area contributed by atoms with Gasteiger partial charge in [0.15, 0.2) is 5.60 Å². The van der Waals surface area contributed by atoms with Crippen LogP contribution in [0.4, 0.5) is 0 Å². The maximum absolute atomic E-state index is 13.0. The Morgan fingerprint density at radius 2 is 1.94 bits per heavy atom. The highest BCUT2D eigenvalue weighted by molar-refractivity contribution is 5.97. The van der Waals surface area contributed by atoms with Gasteiger partial charge in [-0.05, 0) is 51.5 Å². The van der Waals surface area contributed by atoms with Crippen molar-refractivity contribution in [3.8, 4) is 0 Å². The Hall–Kier alpha value is -3.15. The van der Waals surface area contributed by atoms with Crippen LogP contribution >= 0.6 is 0 Å². The lowest BCUT2D eigenvalue weighted by molar-refractivity contribution is -0.231. The van der Waals surface area contributed by atoms with Gasteiger partial charge in [0, 0.05) is 63.4 Å². The third kappa shape index (κ3) is 8.60. The molecule has 4 heterocycles. The van der Waals surface area contributed by atoms with Gasteiger partial charge in [0.1, 0.15) is 17.8 Å². The normalized spacial score (nSPS) is 29.6. The molecule has 0 unspecified atom stereocenters. The summed E-state index contributed by atoms with van der Waals surface area (Å²) in [4.78, 5) is 42.3. The van der Waals surface area contributed by atoms with Crippen LogP contribution in [0.5, 0.6) is 0 Å². The fourth-order valence-electron chi connectivity index (χ4n) is 7.05. The number of amides is 2. The molecule has 3 fully saturated rings. The van der Waals surface area contributed by atoms with E-state index in [1.54, 1.807) is 24.3 Å². The number of morpholine rings is 1. The zero-order chi connectivity index (χ0) is 35.6. The first kappa shape index (κ1) is 37.1. The summed E-state index contributed by atoms with van der Waals surface area (Å²) in [7, 11) is 0. The van der Waals surface area contributed by atoms with E-state index in [1.165, 1.54) is 13.2 Å². The van der Waals surface area contributed by atoms with Gasteiger partial charge in [0.25, 0.3) is 5.91 Å². The molecule has 0 aliphatic carbocycles. The van der Waals surface area contributed by atoms with Gasteiger partial charge in [-0.2, -0.15) is 0 Å². The van der Waals surface area contributed by atoms with Crippen molar-refractivity contribution in [2.45, 2.75) is 94.2 Å². The highest BCUT2D eigenvalue weighted by Crippen LogP contribution is 2.37. The van der Waals surface area contributed by atoms with Crippen LogP contribution in [0.2, 0.25) is 0 Å². The molecule has 1 aromatic heterocycles.